The van der Waals surface area contributed by atoms with Gasteiger partial charge in [-0.3, -0.25) is 14.5 Å². The molecule has 4 heterocycles. The SMILES string of the molecule is CC[C@@H]1OC(=O)[C@H](C)[C@@H](OC(=O)N2C(=O)OC[C@@H]2C)[C@H](C)[C@@H](O[C@@H]2O[C@H](C)C[C@H](N(C)CC3CCC3)[C@H]2O)[C@@](C)(OC)C[C@@H](C)C(=O)[C@@H](C)[C@H]2N(CCc3ccc(Cl)c(Cl)c3)C(=O)O[C@]12C. The number of ketones is 1. The summed E-state index contributed by atoms with van der Waals surface area (Å²) in [6, 6.07) is 3.33. The van der Waals surface area contributed by atoms with Crippen molar-refractivity contribution in [3.05, 3.63) is 33.8 Å². The molecule has 0 spiro atoms. The number of carbonyl (C=O) groups is 5. The van der Waals surface area contributed by atoms with E-state index in [0.29, 0.717) is 28.8 Å². The summed E-state index contributed by atoms with van der Waals surface area (Å²) in [5.74, 6) is -4.21. The second-order valence-electron chi connectivity index (χ2n) is 20.0. The van der Waals surface area contributed by atoms with Gasteiger partial charge in [-0.25, -0.2) is 19.3 Å². The summed E-state index contributed by atoms with van der Waals surface area (Å²) >= 11 is 12.5. The van der Waals surface area contributed by atoms with Crippen LogP contribution in [0.5, 0.6) is 0 Å². The molecule has 3 amide bonds. The standard InChI is InChI=1S/C48H71Cl2N3O13/c1-12-36-48(9)40(52(44(57)66-48)19-18-31-16-17-33(49)34(50)21-31)28(5)37(54)25(2)22-47(8,60-11)41(65-43-38(55)35(20-27(4)62-43)51(10)23-32-14-13-15-32)29(6)39(30(7)42(56)63-36)64-46(59)53-26(3)24-61-45(53)58/h16-17,21,25-30,32,35-36,38-41,43,55H,12-15,18-20,22-24H2,1-11H3/t25-,26+,27-,28-,29+,30-,35+,36+,38-,39+,40-,41-,43+,47+,48-/m1/s1. The topological polar surface area (TPSA) is 180 Å². The van der Waals surface area contributed by atoms with Gasteiger partial charge in [0.15, 0.2) is 11.9 Å². The van der Waals surface area contributed by atoms with E-state index in [9.17, 15) is 24.3 Å². The third kappa shape index (κ3) is 10.6. The lowest BCUT2D eigenvalue weighted by molar-refractivity contribution is -0.302. The highest BCUT2D eigenvalue weighted by atomic mass is 35.5. The van der Waals surface area contributed by atoms with E-state index >= 15 is 4.79 Å². The number of hydrogen-bond acceptors (Lipinski definition) is 14. The van der Waals surface area contributed by atoms with Crippen LogP contribution in [0.2, 0.25) is 10.0 Å². The van der Waals surface area contributed by atoms with Gasteiger partial charge in [0.1, 0.15) is 30.7 Å². The van der Waals surface area contributed by atoms with Crippen molar-refractivity contribution in [2.75, 3.05) is 33.9 Å². The molecule has 4 saturated heterocycles. The van der Waals surface area contributed by atoms with Crippen LogP contribution in [0.1, 0.15) is 106 Å². The summed E-state index contributed by atoms with van der Waals surface area (Å²) in [7, 11) is 3.48. The number of nitrogens with zero attached hydrogens (tertiary/aromatic N) is 3. The number of amides is 3. The Bertz CT molecular complexity index is 1940. The van der Waals surface area contributed by atoms with E-state index in [1.165, 1.54) is 18.4 Å². The second kappa shape index (κ2) is 21.2. The molecule has 5 fully saturated rings. The number of aliphatic hydroxyl groups is 1. The monoisotopic (exact) mass is 967 g/mol. The summed E-state index contributed by atoms with van der Waals surface area (Å²) in [6.45, 7) is 16.5. The normalized spacial score (nSPS) is 38.3. The van der Waals surface area contributed by atoms with Crippen LogP contribution >= 0.6 is 23.2 Å². The number of likely N-dealkylation sites (N-methyl/N-ethyl adjacent to an activating group) is 1. The molecule has 6 rings (SSSR count). The maximum Gasteiger partial charge on any atom is 0.419 e. The molecular weight excluding hydrogens is 897 g/mol. The molecular formula is C48H71Cl2N3O13. The van der Waals surface area contributed by atoms with E-state index < -0.39 is 102 Å². The van der Waals surface area contributed by atoms with Crippen LogP contribution in [-0.4, -0.2) is 150 Å². The van der Waals surface area contributed by atoms with Gasteiger partial charge in [0.05, 0.1) is 45.9 Å². The molecule has 1 aromatic rings. The number of carbonyl (C=O) groups excluding carboxylic acids is 5. The first-order valence-corrected chi connectivity index (χ1v) is 24.4. The zero-order valence-corrected chi connectivity index (χ0v) is 41.8. The Morgan fingerprint density at radius 1 is 1.00 bits per heavy atom. The predicted octanol–water partition coefficient (Wildman–Crippen LogP) is 7.69. The van der Waals surface area contributed by atoms with Gasteiger partial charge in [0.25, 0.3) is 0 Å². The number of hydrogen-bond donors (Lipinski definition) is 1. The first-order chi connectivity index (χ1) is 31.0. The summed E-state index contributed by atoms with van der Waals surface area (Å²) in [4.78, 5) is 75.3. The smallest absolute Gasteiger partial charge is 0.419 e. The number of halogens is 2. The molecule has 4 aliphatic heterocycles. The van der Waals surface area contributed by atoms with Crippen molar-refractivity contribution >= 4 is 53.2 Å². The minimum atomic E-state index is -1.52. The van der Waals surface area contributed by atoms with E-state index in [1.807, 2.05) is 20.0 Å². The fraction of sp³-hybridized carbons (Fsp3) is 0.771. The number of Topliss-reactive ketones (excluding diaryl/α,β-unsaturated/α-hetero) is 1. The zero-order valence-electron chi connectivity index (χ0n) is 40.3. The van der Waals surface area contributed by atoms with Crippen molar-refractivity contribution in [2.45, 2.75) is 173 Å². The lowest BCUT2D eigenvalue weighted by Crippen LogP contribution is -2.61. The molecule has 1 aliphatic carbocycles. The van der Waals surface area contributed by atoms with Crippen molar-refractivity contribution in [2.24, 2.45) is 29.6 Å². The molecule has 5 aliphatic rings. The third-order valence-electron chi connectivity index (χ3n) is 15.2. The molecule has 18 heteroatoms. The van der Waals surface area contributed by atoms with Crippen LogP contribution in [0.25, 0.3) is 0 Å². The molecule has 1 N–H and O–H groups in total. The first-order valence-electron chi connectivity index (χ1n) is 23.6. The second-order valence-corrected chi connectivity index (χ2v) is 20.8. The van der Waals surface area contributed by atoms with Gasteiger partial charge in [-0.15, -0.1) is 0 Å². The highest BCUT2D eigenvalue weighted by Crippen LogP contribution is 2.44. The lowest BCUT2D eigenvalue weighted by Gasteiger charge is -2.49. The number of methoxy groups -OCH3 is 1. The van der Waals surface area contributed by atoms with Crippen LogP contribution in [0.4, 0.5) is 14.4 Å². The number of ether oxygens (including phenoxy) is 7. The lowest BCUT2D eigenvalue weighted by atomic mass is 9.73. The first kappa shape index (κ1) is 52.1. The van der Waals surface area contributed by atoms with E-state index in [1.54, 1.807) is 67.5 Å². The van der Waals surface area contributed by atoms with Crippen LogP contribution in [-0.2, 0) is 49.2 Å². The third-order valence-corrected chi connectivity index (χ3v) is 15.9. The summed E-state index contributed by atoms with van der Waals surface area (Å²) < 4.78 is 43.7. The Morgan fingerprint density at radius 2 is 1.70 bits per heavy atom. The van der Waals surface area contributed by atoms with E-state index in [-0.39, 0.29) is 43.9 Å². The Morgan fingerprint density at radius 3 is 2.29 bits per heavy atom. The van der Waals surface area contributed by atoms with Gasteiger partial charge < -0.3 is 43.2 Å². The van der Waals surface area contributed by atoms with Crippen molar-refractivity contribution in [1.29, 1.82) is 0 Å². The Hall–Kier alpha value is -3.25. The molecule has 16 nitrogen and oxygen atoms in total. The molecule has 0 aromatic heterocycles. The molecule has 0 radical (unpaired) electrons. The molecule has 370 valence electrons. The van der Waals surface area contributed by atoms with Crippen molar-refractivity contribution in [3.63, 3.8) is 0 Å². The maximum atomic E-state index is 15.0. The van der Waals surface area contributed by atoms with Crippen LogP contribution in [0.3, 0.4) is 0 Å². The zero-order chi connectivity index (χ0) is 48.6. The fourth-order valence-corrected chi connectivity index (χ4v) is 11.4. The van der Waals surface area contributed by atoms with E-state index in [2.05, 4.69) is 4.90 Å². The van der Waals surface area contributed by atoms with Gasteiger partial charge >= 0.3 is 24.2 Å². The highest BCUT2D eigenvalue weighted by molar-refractivity contribution is 6.42. The molecule has 1 aromatic carbocycles. The molecule has 0 bridgehead atoms. The average Bonchev–Trinajstić information content (AvgIpc) is 3.74. The largest absolute Gasteiger partial charge is 0.458 e. The number of benzene rings is 1. The van der Waals surface area contributed by atoms with Gasteiger partial charge in [-0.2, -0.15) is 0 Å². The molecule has 15 atom stereocenters. The number of cyclic esters (lactones) is 2. The average molecular weight is 969 g/mol. The Labute approximate surface area is 399 Å². The quantitative estimate of drug-likeness (QED) is 0.169. The van der Waals surface area contributed by atoms with Gasteiger partial charge in [-0.1, -0.05) is 63.4 Å². The number of fused-ring (bicyclic) bond motifs is 1. The Kier molecular flexibility index (Phi) is 16.7. The predicted molar refractivity (Wildman–Crippen MR) is 244 cm³/mol. The maximum absolute atomic E-state index is 15.0. The van der Waals surface area contributed by atoms with Crippen LogP contribution in [0.15, 0.2) is 18.2 Å². The minimum Gasteiger partial charge on any atom is -0.458 e. The van der Waals surface area contributed by atoms with Gasteiger partial charge in [0, 0.05) is 44.0 Å². The van der Waals surface area contributed by atoms with Gasteiger partial charge in [-0.05, 0) is 104 Å². The van der Waals surface area contributed by atoms with Crippen molar-refractivity contribution in [3.8, 4) is 0 Å². The van der Waals surface area contributed by atoms with Crippen molar-refractivity contribution in [1.82, 2.24) is 14.7 Å². The number of rotatable bonds is 11. The van der Waals surface area contributed by atoms with Crippen LogP contribution in [0, 0.1) is 29.6 Å². The molecule has 0 unspecified atom stereocenters. The van der Waals surface area contributed by atoms with Crippen molar-refractivity contribution < 1.29 is 62.2 Å². The summed E-state index contributed by atoms with van der Waals surface area (Å²) in [6.07, 6.45) is -4.21. The number of imide groups is 1. The number of esters is 1. The highest BCUT2D eigenvalue weighted by Gasteiger charge is 2.61. The number of aliphatic hydroxyl groups excluding tert-OH is 1. The molecule has 66 heavy (non-hydrogen) atoms. The van der Waals surface area contributed by atoms with E-state index in [4.69, 9.17) is 56.4 Å². The Balaban J connectivity index is 1.42. The summed E-state index contributed by atoms with van der Waals surface area (Å²) in [5.41, 5.74) is -2.10. The van der Waals surface area contributed by atoms with E-state index in [0.717, 1.165) is 29.8 Å². The fourth-order valence-electron chi connectivity index (χ4n) is 11.1. The van der Waals surface area contributed by atoms with Crippen LogP contribution < -0.4 is 0 Å². The summed E-state index contributed by atoms with van der Waals surface area (Å²) in [5, 5.41) is 12.8. The molecule has 1 saturated carbocycles. The minimum absolute atomic E-state index is 0.0455. The van der Waals surface area contributed by atoms with Gasteiger partial charge in [0.2, 0.25) is 0 Å².